The Balaban J connectivity index is 1.42. The number of benzene rings is 3. The number of H-pyrrole nitrogens is 1. The first-order valence-electron chi connectivity index (χ1n) is 13.6. The highest BCUT2D eigenvalue weighted by atomic mass is 16.5. The zero-order valence-corrected chi connectivity index (χ0v) is 22.8. The maximum Gasteiger partial charge on any atom is 0.274 e. The molecule has 1 unspecified atom stereocenters. The Kier molecular flexibility index (Phi) is 7.39. The molecule has 0 saturated heterocycles. The van der Waals surface area contributed by atoms with Crippen LogP contribution in [0.4, 0.5) is 5.82 Å². The molecule has 0 aliphatic heterocycles. The van der Waals surface area contributed by atoms with E-state index in [-0.39, 0.29) is 11.6 Å². The molecule has 0 aliphatic rings. The van der Waals surface area contributed by atoms with Gasteiger partial charge in [-0.25, -0.2) is 25.4 Å². The lowest BCUT2D eigenvalue weighted by Gasteiger charge is -2.22. The number of aryl methyl sites for hydroxylation is 2. The number of para-hydroxylation sites is 1. The van der Waals surface area contributed by atoms with Crippen LogP contribution in [0.15, 0.2) is 90.2 Å². The molecule has 11 heteroatoms. The smallest absolute Gasteiger partial charge is 0.274 e. The fourth-order valence-corrected chi connectivity index (χ4v) is 5.14. The van der Waals surface area contributed by atoms with Gasteiger partial charge in [-0.3, -0.25) is 19.4 Å². The van der Waals surface area contributed by atoms with Crippen LogP contribution in [0.25, 0.3) is 27.8 Å². The van der Waals surface area contributed by atoms with E-state index >= 15 is 0 Å². The van der Waals surface area contributed by atoms with E-state index in [2.05, 4.69) is 25.3 Å². The molecule has 0 fully saturated rings. The van der Waals surface area contributed by atoms with E-state index in [0.29, 0.717) is 64.2 Å². The number of aromatic amines is 1. The molecule has 4 N–H and O–H groups in total. The zero-order valence-electron chi connectivity index (χ0n) is 22.8. The van der Waals surface area contributed by atoms with E-state index in [0.717, 1.165) is 11.1 Å². The normalized spacial score (nSPS) is 12.0. The average Bonchev–Trinajstić information content (AvgIpc) is 3.52. The predicted molar refractivity (Wildman–Crippen MR) is 159 cm³/mol. The van der Waals surface area contributed by atoms with Crippen molar-refractivity contribution in [1.29, 1.82) is 0 Å². The molecule has 6 aromatic rings. The lowest BCUT2D eigenvalue weighted by atomic mass is 10.00. The van der Waals surface area contributed by atoms with Gasteiger partial charge in [-0.15, -0.1) is 0 Å². The van der Waals surface area contributed by atoms with Crippen molar-refractivity contribution in [3.8, 4) is 5.69 Å². The van der Waals surface area contributed by atoms with Gasteiger partial charge in [-0.2, -0.15) is 0 Å². The zero-order chi connectivity index (χ0) is 29.1. The number of carbonyl (C=O) groups is 1. The third-order valence-electron chi connectivity index (χ3n) is 7.28. The van der Waals surface area contributed by atoms with Gasteiger partial charge in [-0.1, -0.05) is 49.4 Å². The number of amides is 1. The molecular formula is C31H28N8O3. The second kappa shape index (κ2) is 11.6. The summed E-state index contributed by atoms with van der Waals surface area (Å²) >= 11 is 0. The first-order valence-corrected chi connectivity index (χ1v) is 13.6. The SMILES string of the molecule is CCC(Nc1ncnc2nc[nH]c12)c1nc2cccc(CCc3ccc(C(=O)NO)cc3)c2c(=O)n1-c1ccccc1. The molecule has 1 atom stereocenters. The fourth-order valence-electron chi connectivity index (χ4n) is 5.14. The van der Waals surface area contributed by atoms with E-state index in [1.807, 2.05) is 67.6 Å². The molecular weight excluding hydrogens is 532 g/mol. The van der Waals surface area contributed by atoms with Gasteiger partial charge in [0.2, 0.25) is 0 Å². The van der Waals surface area contributed by atoms with E-state index in [4.69, 9.17) is 10.2 Å². The maximum atomic E-state index is 14.4. The largest absolute Gasteiger partial charge is 0.358 e. The Hall–Kier alpha value is -5.42. The third kappa shape index (κ3) is 5.08. The Morgan fingerprint density at radius 1 is 0.976 bits per heavy atom. The summed E-state index contributed by atoms with van der Waals surface area (Å²) in [6.45, 7) is 2.03. The first-order chi connectivity index (χ1) is 20.6. The van der Waals surface area contributed by atoms with Crippen molar-refractivity contribution >= 4 is 33.8 Å². The summed E-state index contributed by atoms with van der Waals surface area (Å²) in [6, 6.07) is 21.9. The van der Waals surface area contributed by atoms with Crippen LogP contribution in [0.1, 0.15) is 46.7 Å². The van der Waals surface area contributed by atoms with Crippen LogP contribution < -0.4 is 16.4 Å². The highest BCUT2D eigenvalue weighted by Crippen LogP contribution is 2.27. The molecule has 6 rings (SSSR count). The van der Waals surface area contributed by atoms with Crippen molar-refractivity contribution in [2.75, 3.05) is 5.32 Å². The Morgan fingerprint density at radius 2 is 1.79 bits per heavy atom. The van der Waals surface area contributed by atoms with Crippen molar-refractivity contribution in [2.45, 2.75) is 32.2 Å². The molecule has 210 valence electrons. The quantitative estimate of drug-likeness (QED) is 0.149. The van der Waals surface area contributed by atoms with Crippen LogP contribution in [0.5, 0.6) is 0 Å². The number of imidazole rings is 1. The summed E-state index contributed by atoms with van der Waals surface area (Å²) in [7, 11) is 0. The third-order valence-corrected chi connectivity index (χ3v) is 7.28. The Morgan fingerprint density at radius 3 is 2.55 bits per heavy atom. The molecule has 1 amide bonds. The number of anilines is 1. The van der Waals surface area contributed by atoms with Crippen LogP contribution in [-0.2, 0) is 12.8 Å². The number of rotatable bonds is 9. The molecule has 0 bridgehead atoms. The number of nitrogens with zero attached hydrogens (tertiary/aromatic N) is 5. The second-order valence-electron chi connectivity index (χ2n) is 9.82. The number of hydrogen-bond donors (Lipinski definition) is 4. The average molecular weight is 561 g/mol. The van der Waals surface area contributed by atoms with Crippen LogP contribution in [-0.4, -0.2) is 40.6 Å². The number of hydrogen-bond acceptors (Lipinski definition) is 8. The van der Waals surface area contributed by atoms with Crippen molar-refractivity contribution in [3.05, 3.63) is 118 Å². The maximum absolute atomic E-state index is 14.4. The van der Waals surface area contributed by atoms with E-state index < -0.39 is 5.91 Å². The van der Waals surface area contributed by atoms with Crippen molar-refractivity contribution in [1.82, 2.24) is 35.0 Å². The topological polar surface area (TPSA) is 151 Å². The molecule has 3 heterocycles. The highest BCUT2D eigenvalue weighted by Gasteiger charge is 2.23. The minimum atomic E-state index is -0.562. The van der Waals surface area contributed by atoms with Crippen molar-refractivity contribution < 1.29 is 10.0 Å². The molecule has 0 aliphatic carbocycles. The van der Waals surface area contributed by atoms with Gasteiger partial charge in [0.1, 0.15) is 17.7 Å². The van der Waals surface area contributed by atoms with Crippen molar-refractivity contribution in [2.24, 2.45) is 0 Å². The summed E-state index contributed by atoms with van der Waals surface area (Å²) in [5, 5.41) is 12.9. The van der Waals surface area contributed by atoms with Gasteiger partial charge < -0.3 is 10.3 Å². The molecule has 0 radical (unpaired) electrons. The fraction of sp³-hybridized carbons (Fsp3) is 0.161. The number of aromatic nitrogens is 6. The standard InChI is InChI=1S/C31H28N8O3/c1-2-23(36-28-26-27(33-17-32-26)34-18-35-28)29-37-24-10-6-7-20(14-11-19-12-15-21(16-13-19)30(40)38-42)25(24)31(41)39(29)22-8-4-3-5-9-22/h3-10,12-13,15-18,23,42H,2,11,14H2,1H3,(H,38,40)(H2,32,33,34,35,36). The summed E-state index contributed by atoms with van der Waals surface area (Å²) < 4.78 is 1.68. The van der Waals surface area contributed by atoms with Gasteiger partial charge >= 0.3 is 0 Å². The van der Waals surface area contributed by atoms with Crippen LogP contribution in [0.2, 0.25) is 0 Å². The number of carbonyl (C=O) groups excluding carboxylic acids is 1. The lowest BCUT2D eigenvalue weighted by molar-refractivity contribution is 0.0706. The minimum Gasteiger partial charge on any atom is -0.358 e. The van der Waals surface area contributed by atoms with Crippen molar-refractivity contribution in [3.63, 3.8) is 0 Å². The predicted octanol–water partition coefficient (Wildman–Crippen LogP) is 4.52. The second-order valence-corrected chi connectivity index (χ2v) is 9.82. The molecule has 11 nitrogen and oxygen atoms in total. The molecule has 0 saturated carbocycles. The summed E-state index contributed by atoms with van der Waals surface area (Å²) in [5.41, 5.74) is 6.29. The van der Waals surface area contributed by atoms with Crippen LogP contribution in [0.3, 0.4) is 0 Å². The molecule has 3 aromatic carbocycles. The van der Waals surface area contributed by atoms with Gasteiger partial charge in [0.15, 0.2) is 11.5 Å². The summed E-state index contributed by atoms with van der Waals surface area (Å²) in [6.07, 6.45) is 4.91. The first kappa shape index (κ1) is 26.8. The highest BCUT2D eigenvalue weighted by molar-refractivity contribution is 5.93. The van der Waals surface area contributed by atoms with Crippen LogP contribution >= 0.6 is 0 Å². The number of fused-ring (bicyclic) bond motifs is 2. The Bertz CT molecular complexity index is 1930. The van der Waals surface area contributed by atoms with E-state index in [1.165, 1.54) is 6.33 Å². The molecule has 0 spiro atoms. The summed E-state index contributed by atoms with van der Waals surface area (Å²) in [5.74, 6) is 0.587. The number of nitrogens with one attached hydrogen (secondary N) is 3. The van der Waals surface area contributed by atoms with Crippen LogP contribution in [0, 0.1) is 0 Å². The van der Waals surface area contributed by atoms with Gasteiger partial charge in [-0.05, 0) is 60.7 Å². The summed E-state index contributed by atoms with van der Waals surface area (Å²) in [4.78, 5) is 47.0. The lowest BCUT2D eigenvalue weighted by Crippen LogP contribution is -2.29. The Labute approximate surface area is 240 Å². The van der Waals surface area contributed by atoms with Gasteiger partial charge in [0, 0.05) is 5.56 Å². The monoisotopic (exact) mass is 560 g/mol. The van der Waals surface area contributed by atoms with Gasteiger partial charge in [0.25, 0.3) is 11.5 Å². The van der Waals surface area contributed by atoms with Gasteiger partial charge in [0.05, 0.1) is 29.0 Å². The number of hydroxylamine groups is 1. The van der Waals surface area contributed by atoms with E-state index in [9.17, 15) is 9.59 Å². The van der Waals surface area contributed by atoms with E-state index in [1.54, 1.807) is 28.5 Å². The minimum absolute atomic E-state index is 0.151. The molecule has 42 heavy (non-hydrogen) atoms. The molecule has 3 aromatic heterocycles.